The van der Waals surface area contributed by atoms with E-state index in [0.717, 1.165) is 14.9 Å². The minimum atomic E-state index is -3.47. The molecular weight excluding hydrogens is 368 g/mol. The van der Waals surface area contributed by atoms with Gasteiger partial charge in [-0.3, -0.25) is 14.4 Å². The van der Waals surface area contributed by atoms with Crippen LogP contribution in [-0.2, 0) is 10.0 Å². The molecule has 0 fully saturated rings. The number of amides is 1. The predicted octanol–water partition coefficient (Wildman–Crippen LogP) is 2.69. The van der Waals surface area contributed by atoms with Crippen LogP contribution in [0.15, 0.2) is 28.6 Å². The Morgan fingerprint density at radius 1 is 1.29 bits per heavy atom. The van der Waals surface area contributed by atoms with E-state index in [1.165, 1.54) is 18.4 Å². The van der Waals surface area contributed by atoms with E-state index in [4.69, 9.17) is 0 Å². The lowest BCUT2D eigenvalue weighted by Gasteiger charge is -2.19. The molecule has 2 rings (SSSR count). The molecule has 0 saturated carbocycles. The third-order valence-corrected chi connectivity index (χ3v) is 6.07. The molecule has 0 atom stereocenters. The number of nitrogens with one attached hydrogen (secondary N) is 1. The topological polar surface area (TPSA) is 92.3 Å². The molecule has 1 amide bonds. The van der Waals surface area contributed by atoms with E-state index in [0.29, 0.717) is 16.1 Å². The van der Waals surface area contributed by atoms with Crippen molar-refractivity contribution in [2.24, 2.45) is 0 Å². The van der Waals surface area contributed by atoms with Crippen LogP contribution >= 0.6 is 23.1 Å². The van der Waals surface area contributed by atoms with Gasteiger partial charge in [0.1, 0.15) is 0 Å². The van der Waals surface area contributed by atoms with E-state index in [1.54, 1.807) is 36.0 Å². The fourth-order valence-electron chi connectivity index (χ4n) is 1.79. The largest absolute Gasteiger partial charge is 0.296 e. The van der Waals surface area contributed by atoms with Crippen LogP contribution in [0.4, 0.5) is 10.8 Å². The number of thioether (sulfide) groups is 1. The van der Waals surface area contributed by atoms with Crippen molar-refractivity contribution in [3.05, 3.63) is 29.8 Å². The van der Waals surface area contributed by atoms with Gasteiger partial charge in [0.25, 0.3) is 5.91 Å². The van der Waals surface area contributed by atoms with Crippen LogP contribution < -0.4 is 9.62 Å². The van der Waals surface area contributed by atoms with Gasteiger partial charge < -0.3 is 0 Å². The van der Waals surface area contributed by atoms with Gasteiger partial charge in [0.2, 0.25) is 15.2 Å². The molecule has 0 saturated heterocycles. The first-order valence-electron chi connectivity index (χ1n) is 7.03. The van der Waals surface area contributed by atoms with E-state index in [9.17, 15) is 13.2 Å². The molecule has 10 heteroatoms. The van der Waals surface area contributed by atoms with Crippen LogP contribution in [0.5, 0.6) is 0 Å². The lowest BCUT2D eigenvalue weighted by Crippen LogP contribution is -2.27. The van der Waals surface area contributed by atoms with Crippen molar-refractivity contribution in [2.45, 2.75) is 23.4 Å². The van der Waals surface area contributed by atoms with E-state index in [2.05, 4.69) is 15.5 Å². The smallest absolute Gasteiger partial charge is 0.259 e. The zero-order chi connectivity index (χ0) is 17.9. The van der Waals surface area contributed by atoms with Gasteiger partial charge in [0, 0.05) is 12.3 Å². The fourth-order valence-corrected chi connectivity index (χ4v) is 4.28. The first kappa shape index (κ1) is 18.7. The molecular formula is C14H18N4O3S3. The highest BCUT2D eigenvalue weighted by atomic mass is 32.2. The predicted molar refractivity (Wildman–Crippen MR) is 98.5 cm³/mol. The quantitative estimate of drug-likeness (QED) is 0.606. The Kier molecular flexibility index (Phi) is 5.83. The summed E-state index contributed by atoms with van der Waals surface area (Å²) in [5, 5.41) is 11.4. The van der Waals surface area contributed by atoms with Crippen LogP contribution in [0.1, 0.15) is 24.2 Å². The number of hydrogen-bond acceptors (Lipinski definition) is 7. The number of aromatic nitrogens is 2. The second kappa shape index (κ2) is 7.49. The number of carbonyl (C=O) groups excluding carboxylic acids is 1. The van der Waals surface area contributed by atoms with Gasteiger partial charge in [0.15, 0.2) is 4.34 Å². The molecule has 130 valence electrons. The Morgan fingerprint density at radius 3 is 2.58 bits per heavy atom. The van der Waals surface area contributed by atoms with Crippen LogP contribution in [0.25, 0.3) is 0 Å². The highest BCUT2D eigenvalue weighted by Gasteiger charge is 2.20. The van der Waals surface area contributed by atoms with Crippen LogP contribution in [0.2, 0.25) is 0 Å². The van der Waals surface area contributed by atoms with Crippen molar-refractivity contribution in [1.82, 2.24) is 10.2 Å². The van der Waals surface area contributed by atoms with Crippen molar-refractivity contribution in [2.75, 3.05) is 22.9 Å². The molecule has 1 heterocycles. The molecule has 1 N–H and O–H groups in total. The molecule has 0 bridgehead atoms. The monoisotopic (exact) mass is 386 g/mol. The maximum atomic E-state index is 12.5. The number of anilines is 2. The molecule has 0 spiro atoms. The standard InChI is InChI=1S/C14H18N4O3S3/c1-9(2)22-14-17-16-13(23-14)15-12(19)10-7-5-6-8-11(10)18(3)24(4,20)21/h5-9H,1-4H3,(H,15,16,19). The Hall–Kier alpha value is -1.65. The second-order valence-corrected chi connectivity index (χ2v) is 10.1. The highest BCUT2D eigenvalue weighted by molar-refractivity contribution is 8.01. The number of para-hydroxylation sites is 1. The van der Waals surface area contributed by atoms with Crippen LogP contribution in [0.3, 0.4) is 0 Å². The number of nitrogens with zero attached hydrogens (tertiary/aromatic N) is 3. The fraction of sp³-hybridized carbons (Fsp3) is 0.357. The first-order chi connectivity index (χ1) is 11.2. The van der Waals surface area contributed by atoms with Crippen molar-refractivity contribution in [3.8, 4) is 0 Å². The van der Waals surface area contributed by atoms with Gasteiger partial charge in [-0.05, 0) is 12.1 Å². The van der Waals surface area contributed by atoms with Gasteiger partial charge >= 0.3 is 0 Å². The maximum absolute atomic E-state index is 12.5. The Balaban J connectivity index is 2.23. The summed E-state index contributed by atoms with van der Waals surface area (Å²) in [7, 11) is -2.06. The zero-order valence-corrected chi connectivity index (χ0v) is 16.1. The Labute approximate surface area is 149 Å². The van der Waals surface area contributed by atoms with Crippen LogP contribution in [-0.4, -0.2) is 43.1 Å². The summed E-state index contributed by atoms with van der Waals surface area (Å²) in [5.74, 6) is -0.432. The van der Waals surface area contributed by atoms with Crippen molar-refractivity contribution in [1.29, 1.82) is 0 Å². The van der Waals surface area contributed by atoms with Gasteiger partial charge in [-0.25, -0.2) is 8.42 Å². The number of rotatable bonds is 6. The molecule has 7 nitrogen and oxygen atoms in total. The Bertz CT molecular complexity index is 833. The molecule has 24 heavy (non-hydrogen) atoms. The molecule has 1 aromatic carbocycles. The van der Waals surface area contributed by atoms with Crippen molar-refractivity contribution in [3.63, 3.8) is 0 Å². The number of sulfonamides is 1. The number of benzene rings is 1. The number of hydrogen-bond donors (Lipinski definition) is 1. The summed E-state index contributed by atoms with van der Waals surface area (Å²) >= 11 is 2.84. The van der Waals surface area contributed by atoms with Gasteiger partial charge in [-0.15, -0.1) is 10.2 Å². The summed E-state index contributed by atoms with van der Waals surface area (Å²) in [6, 6.07) is 6.50. The third kappa shape index (κ3) is 4.68. The summed E-state index contributed by atoms with van der Waals surface area (Å²) in [5.41, 5.74) is 0.553. The molecule has 0 aliphatic carbocycles. The summed E-state index contributed by atoms with van der Waals surface area (Å²) in [6.45, 7) is 4.09. The van der Waals surface area contributed by atoms with Crippen molar-refractivity contribution >= 4 is 49.8 Å². The third-order valence-electron chi connectivity index (χ3n) is 2.95. The molecule has 1 aromatic heterocycles. The minimum Gasteiger partial charge on any atom is -0.296 e. The average molecular weight is 387 g/mol. The van der Waals surface area contributed by atoms with Gasteiger partial charge in [-0.2, -0.15) is 0 Å². The van der Waals surface area contributed by atoms with Crippen molar-refractivity contribution < 1.29 is 13.2 Å². The van der Waals surface area contributed by atoms with Gasteiger partial charge in [0.05, 0.1) is 17.5 Å². The highest BCUT2D eigenvalue weighted by Crippen LogP contribution is 2.29. The normalized spacial score (nSPS) is 11.5. The Morgan fingerprint density at radius 2 is 1.96 bits per heavy atom. The maximum Gasteiger partial charge on any atom is 0.259 e. The van der Waals surface area contributed by atoms with E-state index < -0.39 is 15.9 Å². The molecule has 0 unspecified atom stereocenters. The molecule has 0 aliphatic heterocycles. The summed E-state index contributed by atoms with van der Waals surface area (Å²) in [6.07, 6.45) is 1.09. The van der Waals surface area contributed by atoms with E-state index in [-0.39, 0.29) is 5.56 Å². The molecule has 2 aromatic rings. The second-order valence-electron chi connectivity index (χ2n) is 5.24. The first-order valence-corrected chi connectivity index (χ1v) is 10.6. The average Bonchev–Trinajstić information content (AvgIpc) is 2.91. The summed E-state index contributed by atoms with van der Waals surface area (Å²) < 4.78 is 25.3. The van der Waals surface area contributed by atoms with Gasteiger partial charge in [-0.1, -0.05) is 49.1 Å². The lowest BCUT2D eigenvalue weighted by molar-refractivity contribution is 0.102. The summed E-state index contributed by atoms with van der Waals surface area (Å²) in [4.78, 5) is 12.5. The zero-order valence-electron chi connectivity index (χ0n) is 13.7. The SMILES string of the molecule is CC(C)Sc1nnc(NC(=O)c2ccccc2N(C)S(C)(=O)=O)s1. The van der Waals surface area contributed by atoms with Crippen LogP contribution in [0, 0.1) is 0 Å². The molecule has 0 radical (unpaired) electrons. The van der Waals surface area contributed by atoms with E-state index >= 15 is 0 Å². The van der Waals surface area contributed by atoms with E-state index in [1.807, 2.05) is 13.8 Å². The minimum absolute atomic E-state index is 0.249. The molecule has 0 aliphatic rings. The lowest BCUT2D eigenvalue weighted by atomic mass is 10.1. The number of carbonyl (C=O) groups is 1.